The van der Waals surface area contributed by atoms with Crippen molar-refractivity contribution in [3.63, 3.8) is 0 Å². The van der Waals surface area contributed by atoms with Crippen molar-refractivity contribution in [1.29, 1.82) is 0 Å². The Morgan fingerprint density at radius 3 is 3.07 bits per heavy atom. The fourth-order valence-electron chi connectivity index (χ4n) is 0.995. The highest BCUT2D eigenvalue weighted by Crippen LogP contribution is 2.17. The predicted molar refractivity (Wildman–Crippen MR) is 52.8 cm³/mol. The van der Waals surface area contributed by atoms with Crippen molar-refractivity contribution in [3.8, 4) is 0 Å². The van der Waals surface area contributed by atoms with Gasteiger partial charge >= 0.3 is 5.97 Å². The van der Waals surface area contributed by atoms with Gasteiger partial charge in [0.25, 0.3) is 0 Å². The van der Waals surface area contributed by atoms with E-state index in [0.29, 0.717) is 11.8 Å². The number of thioether (sulfide) groups is 1. The Balaban J connectivity index is 2.64. The number of carboxylic acids is 1. The Morgan fingerprint density at radius 2 is 2.47 bits per heavy atom. The van der Waals surface area contributed by atoms with Gasteiger partial charge in [0.1, 0.15) is 0 Å². The highest BCUT2D eigenvalue weighted by Gasteiger charge is 2.14. The normalized spacial score (nSPS) is 12.7. The molecule has 0 radical (unpaired) electrons. The summed E-state index contributed by atoms with van der Waals surface area (Å²) in [6.45, 7) is 2.37. The van der Waals surface area contributed by atoms with Gasteiger partial charge in [0.05, 0.1) is 18.4 Å². The van der Waals surface area contributed by atoms with E-state index in [1.807, 2.05) is 6.92 Å². The van der Waals surface area contributed by atoms with Crippen LogP contribution in [0.1, 0.15) is 13.0 Å². The van der Waals surface area contributed by atoms with Crippen LogP contribution in [0.3, 0.4) is 0 Å². The molecule has 15 heavy (non-hydrogen) atoms. The first-order valence-electron chi connectivity index (χ1n) is 4.26. The van der Waals surface area contributed by atoms with Gasteiger partial charge in [0.2, 0.25) is 5.16 Å². The van der Waals surface area contributed by atoms with Crippen LogP contribution in [0.5, 0.6) is 0 Å². The molecule has 0 fully saturated rings. The standard InChI is InChI=1S/C7H12N4O3S/c1-5(3-14-2)11-7(8-9-10-11)15-4-6(12)13/h5H,3-4H2,1-2H3,(H,12,13). The van der Waals surface area contributed by atoms with Crippen molar-refractivity contribution < 1.29 is 14.6 Å². The Hall–Kier alpha value is -1.15. The molecule has 0 aliphatic rings. The van der Waals surface area contributed by atoms with Crippen LogP contribution in [0.2, 0.25) is 0 Å². The van der Waals surface area contributed by atoms with Gasteiger partial charge < -0.3 is 9.84 Å². The molecule has 7 nitrogen and oxygen atoms in total. The lowest BCUT2D eigenvalue weighted by atomic mass is 10.4. The van der Waals surface area contributed by atoms with E-state index in [2.05, 4.69) is 15.5 Å². The molecule has 84 valence electrons. The lowest BCUT2D eigenvalue weighted by molar-refractivity contribution is -0.133. The molecular formula is C7H12N4O3S. The molecule has 1 rings (SSSR count). The Morgan fingerprint density at radius 1 is 1.73 bits per heavy atom. The minimum absolute atomic E-state index is 0.0127. The zero-order valence-corrected chi connectivity index (χ0v) is 9.27. The van der Waals surface area contributed by atoms with Crippen molar-refractivity contribution in [2.24, 2.45) is 0 Å². The number of rotatable bonds is 6. The molecule has 0 aliphatic carbocycles. The Labute approximate surface area is 90.8 Å². The number of ether oxygens (including phenoxy) is 1. The summed E-state index contributed by atoms with van der Waals surface area (Å²) >= 11 is 1.09. The van der Waals surface area contributed by atoms with Gasteiger partial charge in [-0.2, -0.15) is 0 Å². The van der Waals surface area contributed by atoms with E-state index in [-0.39, 0.29) is 11.8 Å². The van der Waals surface area contributed by atoms with Gasteiger partial charge in [0.15, 0.2) is 0 Å². The first kappa shape index (κ1) is 11.9. The van der Waals surface area contributed by atoms with Crippen LogP contribution in [-0.4, -0.2) is 50.8 Å². The van der Waals surface area contributed by atoms with E-state index in [4.69, 9.17) is 9.84 Å². The van der Waals surface area contributed by atoms with Crippen LogP contribution in [0.15, 0.2) is 5.16 Å². The number of methoxy groups -OCH3 is 1. The third-order valence-electron chi connectivity index (χ3n) is 1.61. The average Bonchev–Trinajstić information content (AvgIpc) is 2.62. The number of tetrazole rings is 1. The molecule has 1 unspecified atom stereocenters. The molecule has 1 heterocycles. The molecule has 1 aromatic heterocycles. The molecule has 0 bridgehead atoms. The van der Waals surface area contributed by atoms with Gasteiger partial charge in [-0.15, -0.1) is 5.10 Å². The summed E-state index contributed by atoms with van der Waals surface area (Å²) in [6, 6.07) is -0.0127. The van der Waals surface area contributed by atoms with Crippen LogP contribution >= 0.6 is 11.8 Å². The van der Waals surface area contributed by atoms with Crippen LogP contribution < -0.4 is 0 Å². The van der Waals surface area contributed by atoms with Crippen molar-refractivity contribution in [2.75, 3.05) is 19.5 Å². The molecule has 1 atom stereocenters. The number of aliphatic carboxylic acids is 1. The zero-order chi connectivity index (χ0) is 11.3. The van der Waals surface area contributed by atoms with E-state index < -0.39 is 5.97 Å². The van der Waals surface area contributed by atoms with Crippen LogP contribution in [0, 0.1) is 0 Å². The maximum atomic E-state index is 10.4. The lowest BCUT2D eigenvalue weighted by Crippen LogP contribution is -2.14. The second-order valence-corrected chi connectivity index (χ2v) is 3.84. The summed E-state index contributed by atoms with van der Waals surface area (Å²) in [7, 11) is 1.59. The summed E-state index contributed by atoms with van der Waals surface area (Å²) in [6.07, 6.45) is 0. The summed E-state index contributed by atoms with van der Waals surface area (Å²) < 4.78 is 6.52. The van der Waals surface area contributed by atoms with E-state index in [1.54, 1.807) is 11.8 Å². The molecule has 0 spiro atoms. The monoisotopic (exact) mass is 232 g/mol. The SMILES string of the molecule is COCC(C)n1nnnc1SCC(=O)O. The minimum atomic E-state index is -0.894. The average molecular weight is 232 g/mol. The number of aromatic nitrogens is 4. The molecule has 1 N–H and O–H groups in total. The predicted octanol–water partition coefficient (Wildman–Crippen LogP) is 0.0572. The number of nitrogens with zero attached hydrogens (tertiary/aromatic N) is 4. The molecule has 0 saturated carbocycles. The number of hydrogen-bond acceptors (Lipinski definition) is 6. The summed E-state index contributed by atoms with van der Waals surface area (Å²) in [5.41, 5.74) is 0. The zero-order valence-electron chi connectivity index (χ0n) is 8.45. The Kier molecular flexibility index (Phi) is 4.50. The molecule has 0 saturated heterocycles. The van der Waals surface area contributed by atoms with Crippen LogP contribution in [0.25, 0.3) is 0 Å². The molecule has 0 aromatic carbocycles. The highest BCUT2D eigenvalue weighted by molar-refractivity contribution is 7.99. The largest absolute Gasteiger partial charge is 0.481 e. The van der Waals surface area contributed by atoms with Crippen molar-refractivity contribution >= 4 is 17.7 Å². The van der Waals surface area contributed by atoms with Gasteiger partial charge in [-0.1, -0.05) is 11.8 Å². The van der Waals surface area contributed by atoms with Crippen LogP contribution in [0.4, 0.5) is 0 Å². The first-order chi connectivity index (χ1) is 7.15. The van der Waals surface area contributed by atoms with Crippen molar-refractivity contribution in [1.82, 2.24) is 20.2 Å². The van der Waals surface area contributed by atoms with E-state index in [9.17, 15) is 4.79 Å². The fourth-order valence-corrected chi connectivity index (χ4v) is 1.69. The maximum Gasteiger partial charge on any atom is 0.313 e. The molecular weight excluding hydrogens is 220 g/mol. The van der Waals surface area contributed by atoms with E-state index >= 15 is 0 Å². The molecule has 1 aromatic rings. The summed E-state index contributed by atoms with van der Waals surface area (Å²) in [5, 5.41) is 20.0. The van der Waals surface area contributed by atoms with Gasteiger partial charge in [-0.3, -0.25) is 4.79 Å². The molecule has 0 amide bonds. The maximum absolute atomic E-state index is 10.4. The minimum Gasteiger partial charge on any atom is -0.481 e. The number of carbonyl (C=O) groups is 1. The lowest BCUT2D eigenvalue weighted by Gasteiger charge is -2.10. The highest BCUT2D eigenvalue weighted by atomic mass is 32.2. The first-order valence-corrected chi connectivity index (χ1v) is 5.25. The van der Waals surface area contributed by atoms with Crippen molar-refractivity contribution in [3.05, 3.63) is 0 Å². The third-order valence-corrected chi connectivity index (χ3v) is 2.53. The smallest absolute Gasteiger partial charge is 0.313 e. The van der Waals surface area contributed by atoms with Gasteiger partial charge in [-0.05, 0) is 17.4 Å². The number of carboxylic acid groups (broad SMARTS) is 1. The fraction of sp³-hybridized carbons (Fsp3) is 0.714. The van der Waals surface area contributed by atoms with Crippen LogP contribution in [-0.2, 0) is 9.53 Å². The summed E-state index contributed by atoms with van der Waals surface area (Å²) in [4.78, 5) is 10.4. The molecule has 8 heteroatoms. The Bertz CT molecular complexity index is 330. The summed E-state index contributed by atoms with van der Waals surface area (Å²) in [5.74, 6) is -0.950. The topological polar surface area (TPSA) is 90.1 Å². The van der Waals surface area contributed by atoms with Gasteiger partial charge in [0, 0.05) is 7.11 Å². The van der Waals surface area contributed by atoms with E-state index in [0.717, 1.165) is 11.8 Å². The second kappa shape index (κ2) is 5.66. The quantitative estimate of drug-likeness (QED) is 0.693. The van der Waals surface area contributed by atoms with E-state index in [1.165, 1.54) is 0 Å². The second-order valence-electron chi connectivity index (χ2n) is 2.89. The molecule has 0 aliphatic heterocycles. The van der Waals surface area contributed by atoms with Crippen molar-refractivity contribution in [2.45, 2.75) is 18.1 Å². The third kappa shape index (κ3) is 3.48. The van der Waals surface area contributed by atoms with Gasteiger partial charge in [-0.25, -0.2) is 4.68 Å². The number of hydrogen-bond donors (Lipinski definition) is 1.